The van der Waals surface area contributed by atoms with Gasteiger partial charge in [0, 0.05) is 44.1 Å². The number of benzene rings is 1. The lowest BCUT2D eigenvalue weighted by molar-refractivity contribution is -0.129. The van der Waals surface area contributed by atoms with Crippen LogP contribution in [0.4, 0.5) is 4.39 Å². The Labute approximate surface area is 171 Å². The minimum absolute atomic E-state index is 0. The van der Waals surface area contributed by atoms with E-state index < -0.39 is 0 Å². The van der Waals surface area contributed by atoms with E-state index in [2.05, 4.69) is 15.6 Å². The van der Waals surface area contributed by atoms with E-state index in [1.807, 2.05) is 30.9 Å². The van der Waals surface area contributed by atoms with Crippen LogP contribution in [0.3, 0.4) is 0 Å². The number of guanidine groups is 1. The predicted molar refractivity (Wildman–Crippen MR) is 112 cm³/mol. The predicted octanol–water partition coefficient (Wildman–Crippen LogP) is 2.87. The molecule has 1 saturated heterocycles. The van der Waals surface area contributed by atoms with Gasteiger partial charge in [-0.25, -0.2) is 4.39 Å². The van der Waals surface area contributed by atoms with Crippen molar-refractivity contribution in [3.05, 3.63) is 35.6 Å². The zero-order valence-corrected chi connectivity index (χ0v) is 17.7. The zero-order valence-electron chi connectivity index (χ0n) is 15.4. The van der Waals surface area contributed by atoms with Gasteiger partial charge >= 0.3 is 0 Å². The van der Waals surface area contributed by atoms with Crippen LogP contribution in [0.1, 0.15) is 44.6 Å². The van der Waals surface area contributed by atoms with Crippen molar-refractivity contribution in [3.8, 4) is 0 Å². The molecule has 1 aromatic rings. The Hall–Kier alpha value is -1.38. The summed E-state index contributed by atoms with van der Waals surface area (Å²) < 4.78 is 13.9. The Morgan fingerprint density at radius 2 is 2.08 bits per heavy atom. The molecule has 0 aromatic heterocycles. The van der Waals surface area contributed by atoms with Gasteiger partial charge in [-0.2, -0.15) is 0 Å². The molecule has 1 aromatic carbocycles. The molecule has 5 nitrogen and oxygen atoms in total. The first-order chi connectivity index (χ1) is 12.1. The molecule has 1 saturated carbocycles. The molecule has 3 unspecified atom stereocenters. The van der Waals surface area contributed by atoms with E-state index >= 15 is 0 Å². The number of amides is 1. The quantitative estimate of drug-likeness (QED) is 0.392. The van der Waals surface area contributed by atoms with Crippen molar-refractivity contribution < 1.29 is 9.18 Å². The highest BCUT2D eigenvalue weighted by molar-refractivity contribution is 14.0. The third-order valence-corrected chi connectivity index (χ3v) is 4.92. The molecule has 1 aliphatic heterocycles. The van der Waals surface area contributed by atoms with Gasteiger partial charge in [-0.05, 0) is 31.4 Å². The second kappa shape index (κ2) is 9.53. The summed E-state index contributed by atoms with van der Waals surface area (Å²) in [5, 5.41) is 6.86. The number of carbonyl (C=O) groups is 1. The van der Waals surface area contributed by atoms with E-state index in [0.29, 0.717) is 13.0 Å². The van der Waals surface area contributed by atoms with E-state index in [-0.39, 0.29) is 53.7 Å². The van der Waals surface area contributed by atoms with Crippen LogP contribution in [0.2, 0.25) is 0 Å². The monoisotopic (exact) mass is 474 g/mol. The van der Waals surface area contributed by atoms with Crippen LogP contribution in [0.5, 0.6) is 0 Å². The molecule has 1 amide bonds. The Bertz CT molecular complexity index is 654. The van der Waals surface area contributed by atoms with Crippen molar-refractivity contribution in [3.63, 3.8) is 0 Å². The van der Waals surface area contributed by atoms with Crippen LogP contribution in [-0.2, 0) is 4.79 Å². The lowest BCUT2D eigenvalue weighted by atomic mass is 10.1. The van der Waals surface area contributed by atoms with E-state index in [1.54, 1.807) is 6.07 Å². The number of aliphatic imine (C=N–C) groups is 1. The Balaban J connectivity index is 0.00000243. The molecule has 1 aliphatic carbocycles. The highest BCUT2D eigenvalue weighted by atomic mass is 127. The van der Waals surface area contributed by atoms with Gasteiger partial charge in [0.05, 0.1) is 0 Å². The largest absolute Gasteiger partial charge is 0.353 e. The molecule has 0 bridgehead atoms. The summed E-state index contributed by atoms with van der Waals surface area (Å²) in [6.45, 7) is 6.08. The highest BCUT2D eigenvalue weighted by Crippen LogP contribution is 2.41. The number of carbonyl (C=O) groups excluding carboxylic acids is 1. The topological polar surface area (TPSA) is 56.7 Å². The fraction of sp³-hybridized carbons (Fsp3) is 0.579. The standard InChI is InChI=1S/C19H27FN4O.HI/c1-3-18(25)24-10-9-13(12-24)22-19(21-4-2)23-17-11-15(17)14-7-5-6-8-16(14)20;/h5-8,13,15,17H,3-4,9-12H2,1-2H3,(H2,21,22,23);1H. The molecule has 0 spiro atoms. The van der Waals surface area contributed by atoms with Crippen LogP contribution in [0.15, 0.2) is 29.3 Å². The fourth-order valence-corrected chi connectivity index (χ4v) is 3.46. The zero-order chi connectivity index (χ0) is 17.8. The lowest BCUT2D eigenvalue weighted by Crippen LogP contribution is -2.46. The number of halogens is 2. The SMILES string of the molecule is CCN=C(NC1CCN(C(=O)CC)C1)NC1CC1c1ccccc1F.I. The molecule has 1 heterocycles. The maximum atomic E-state index is 13.9. The molecule has 3 atom stereocenters. The molecular weight excluding hydrogens is 446 g/mol. The summed E-state index contributed by atoms with van der Waals surface area (Å²) in [6.07, 6.45) is 2.39. The van der Waals surface area contributed by atoms with E-state index in [9.17, 15) is 9.18 Å². The Kier molecular flexibility index (Phi) is 7.67. The van der Waals surface area contributed by atoms with Crippen molar-refractivity contribution in [1.82, 2.24) is 15.5 Å². The second-order valence-corrected chi connectivity index (χ2v) is 6.76. The summed E-state index contributed by atoms with van der Waals surface area (Å²) in [6, 6.07) is 7.41. The van der Waals surface area contributed by atoms with E-state index in [1.165, 1.54) is 6.07 Å². The molecule has 7 heteroatoms. The number of nitrogens with one attached hydrogen (secondary N) is 2. The number of hydrogen-bond donors (Lipinski definition) is 2. The third kappa shape index (κ3) is 5.08. The highest BCUT2D eigenvalue weighted by Gasteiger charge is 2.40. The van der Waals surface area contributed by atoms with Crippen molar-refractivity contribution in [2.24, 2.45) is 4.99 Å². The summed E-state index contributed by atoms with van der Waals surface area (Å²) in [5.74, 6) is 1.03. The average molecular weight is 474 g/mol. The van der Waals surface area contributed by atoms with Crippen molar-refractivity contribution in [2.75, 3.05) is 19.6 Å². The molecule has 0 radical (unpaired) electrons. The molecule has 26 heavy (non-hydrogen) atoms. The molecule has 2 N–H and O–H groups in total. The molecule has 3 rings (SSSR count). The normalized spacial score (nSPS) is 24.8. The first kappa shape index (κ1) is 20.9. The number of hydrogen-bond acceptors (Lipinski definition) is 2. The first-order valence-electron chi connectivity index (χ1n) is 9.22. The van der Waals surface area contributed by atoms with Gasteiger partial charge in [0.15, 0.2) is 5.96 Å². The van der Waals surface area contributed by atoms with Crippen LogP contribution in [-0.4, -0.2) is 48.5 Å². The van der Waals surface area contributed by atoms with E-state index in [4.69, 9.17) is 0 Å². The third-order valence-electron chi connectivity index (χ3n) is 4.92. The van der Waals surface area contributed by atoms with Gasteiger partial charge < -0.3 is 15.5 Å². The maximum absolute atomic E-state index is 13.9. The van der Waals surface area contributed by atoms with Crippen molar-refractivity contribution in [2.45, 2.75) is 51.1 Å². The molecular formula is C19H28FIN4O. The lowest BCUT2D eigenvalue weighted by Gasteiger charge is -2.19. The van der Waals surface area contributed by atoms with E-state index in [0.717, 1.165) is 37.5 Å². The Morgan fingerprint density at radius 3 is 2.77 bits per heavy atom. The summed E-state index contributed by atoms with van der Waals surface area (Å²) >= 11 is 0. The smallest absolute Gasteiger partial charge is 0.222 e. The van der Waals surface area contributed by atoms with Crippen LogP contribution in [0, 0.1) is 5.82 Å². The number of likely N-dealkylation sites (tertiary alicyclic amines) is 1. The first-order valence-corrected chi connectivity index (χ1v) is 9.22. The van der Waals surface area contributed by atoms with Crippen LogP contribution >= 0.6 is 24.0 Å². The average Bonchev–Trinajstić information content (AvgIpc) is 3.20. The van der Waals surface area contributed by atoms with Crippen LogP contribution in [0.25, 0.3) is 0 Å². The number of rotatable bonds is 5. The van der Waals surface area contributed by atoms with Gasteiger partial charge in [-0.3, -0.25) is 9.79 Å². The molecule has 2 aliphatic rings. The molecule has 2 fully saturated rings. The number of nitrogens with zero attached hydrogens (tertiary/aromatic N) is 2. The summed E-state index contributed by atoms with van der Waals surface area (Å²) in [7, 11) is 0. The Morgan fingerprint density at radius 1 is 1.31 bits per heavy atom. The van der Waals surface area contributed by atoms with Crippen molar-refractivity contribution >= 4 is 35.8 Å². The van der Waals surface area contributed by atoms with Crippen molar-refractivity contribution in [1.29, 1.82) is 0 Å². The van der Waals surface area contributed by atoms with Gasteiger partial charge in [-0.1, -0.05) is 25.1 Å². The second-order valence-electron chi connectivity index (χ2n) is 6.76. The fourth-order valence-electron chi connectivity index (χ4n) is 3.46. The summed E-state index contributed by atoms with van der Waals surface area (Å²) in [4.78, 5) is 18.2. The van der Waals surface area contributed by atoms with Gasteiger partial charge in [0.2, 0.25) is 5.91 Å². The summed E-state index contributed by atoms with van der Waals surface area (Å²) in [5.41, 5.74) is 0.774. The minimum Gasteiger partial charge on any atom is -0.353 e. The van der Waals surface area contributed by atoms with Gasteiger partial charge in [0.25, 0.3) is 0 Å². The van der Waals surface area contributed by atoms with Crippen LogP contribution < -0.4 is 10.6 Å². The minimum atomic E-state index is -0.136. The van der Waals surface area contributed by atoms with Gasteiger partial charge in [0.1, 0.15) is 5.82 Å². The molecule has 144 valence electrons. The van der Waals surface area contributed by atoms with Gasteiger partial charge in [-0.15, -0.1) is 24.0 Å². The maximum Gasteiger partial charge on any atom is 0.222 e.